The second-order valence-corrected chi connectivity index (χ2v) is 11.9. The number of hydrogen-bond acceptors (Lipinski definition) is 2. The van der Waals surface area contributed by atoms with Gasteiger partial charge in [0.05, 0.1) is 12.2 Å². The molecule has 0 bridgehead atoms. The van der Waals surface area contributed by atoms with Crippen molar-refractivity contribution in [1.29, 1.82) is 0 Å². The molecule has 4 aliphatic carbocycles. The van der Waals surface area contributed by atoms with E-state index in [0.29, 0.717) is 40.4 Å². The van der Waals surface area contributed by atoms with Gasteiger partial charge in [0.2, 0.25) is 0 Å². The zero-order valence-corrected chi connectivity index (χ0v) is 22.2. The summed E-state index contributed by atoms with van der Waals surface area (Å²) >= 11 is 0. The average molecular weight is 414 g/mol. The van der Waals surface area contributed by atoms with Crippen LogP contribution in [0.25, 0.3) is 0 Å². The van der Waals surface area contributed by atoms with Crippen molar-refractivity contribution in [3.05, 3.63) is 0 Å². The fourth-order valence-corrected chi connectivity index (χ4v) is 9.59. The molecule has 29 heavy (non-hydrogen) atoms. The summed E-state index contributed by atoms with van der Waals surface area (Å²) < 4.78 is 0. The van der Waals surface area contributed by atoms with Crippen LogP contribution in [0.15, 0.2) is 0 Å². The topological polar surface area (TPSA) is 40.5 Å². The SMILES string of the molecule is CCCC(C)C1CCC2C3C(CC[C@]12C)[C@@]1(C)CC[C@@H](O)C[C@H]1[C@@H](CC)[C@H]3O.[Na+]. The summed E-state index contributed by atoms with van der Waals surface area (Å²) in [5, 5.41) is 22.1. The second kappa shape index (κ2) is 9.05. The Morgan fingerprint density at radius 3 is 2.21 bits per heavy atom. The molecule has 0 amide bonds. The Hall–Kier alpha value is 0.920. The van der Waals surface area contributed by atoms with Crippen LogP contribution in [0.2, 0.25) is 0 Å². The van der Waals surface area contributed by atoms with E-state index in [0.717, 1.165) is 31.1 Å². The van der Waals surface area contributed by atoms with Crippen LogP contribution in [0, 0.1) is 52.3 Å². The van der Waals surface area contributed by atoms with Gasteiger partial charge >= 0.3 is 29.6 Å². The Balaban J connectivity index is 0.00000240. The first kappa shape index (κ1) is 24.6. The quantitative estimate of drug-likeness (QED) is 0.696. The minimum Gasteiger partial charge on any atom is -0.393 e. The summed E-state index contributed by atoms with van der Waals surface area (Å²) in [6, 6.07) is 0. The van der Waals surface area contributed by atoms with Crippen molar-refractivity contribution in [3.8, 4) is 0 Å². The van der Waals surface area contributed by atoms with Crippen molar-refractivity contribution in [2.75, 3.05) is 0 Å². The van der Waals surface area contributed by atoms with Gasteiger partial charge in [-0.1, -0.05) is 53.9 Å². The molecule has 0 heterocycles. The molecule has 0 aliphatic heterocycles. The molecule has 4 aliphatic rings. The van der Waals surface area contributed by atoms with E-state index in [1.54, 1.807) is 0 Å². The molecule has 4 saturated carbocycles. The van der Waals surface area contributed by atoms with Gasteiger partial charge in [0.15, 0.2) is 0 Å². The molecular weight excluding hydrogens is 367 g/mol. The maximum Gasteiger partial charge on any atom is 1.00 e. The number of hydrogen-bond donors (Lipinski definition) is 2. The molecule has 0 saturated heterocycles. The predicted molar refractivity (Wildman–Crippen MR) is 116 cm³/mol. The summed E-state index contributed by atoms with van der Waals surface area (Å²) in [6.07, 6.45) is 11.9. The van der Waals surface area contributed by atoms with E-state index < -0.39 is 0 Å². The van der Waals surface area contributed by atoms with E-state index in [4.69, 9.17) is 0 Å². The Morgan fingerprint density at radius 1 is 0.897 bits per heavy atom. The van der Waals surface area contributed by atoms with Crippen LogP contribution in [-0.2, 0) is 0 Å². The largest absolute Gasteiger partial charge is 1.00 e. The van der Waals surface area contributed by atoms with Gasteiger partial charge in [0.25, 0.3) is 0 Å². The van der Waals surface area contributed by atoms with Gasteiger partial charge in [-0.3, -0.25) is 0 Å². The van der Waals surface area contributed by atoms with Crippen molar-refractivity contribution in [3.63, 3.8) is 0 Å². The number of rotatable bonds is 4. The minimum absolute atomic E-state index is 0. The van der Waals surface area contributed by atoms with E-state index in [2.05, 4.69) is 34.6 Å². The summed E-state index contributed by atoms with van der Waals surface area (Å²) in [5.41, 5.74) is 0.769. The maximum absolute atomic E-state index is 11.7. The molecule has 0 aromatic carbocycles. The molecule has 3 heteroatoms. The zero-order valence-electron chi connectivity index (χ0n) is 20.2. The first-order chi connectivity index (χ1) is 13.3. The number of fused-ring (bicyclic) bond motifs is 5. The van der Waals surface area contributed by atoms with Crippen molar-refractivity contribution < 1.29 is 39.8 Å². The fourth-order valence-electron chi connectivity index (χ4n) is 9.59. The van der Waals surface area contributed by atoms with E-state index in [-0.39, 0.29) is 41.8 Å². The van der Waals surface area contributed by atoms with Crippen molar-refractivity contribution >= 4 is 0 Å². The molecule has 5 unspecified atom stereocenters. The normalized spacial score (nSPS) is 52.7. The molecule has 0 radical (unpaired) electrons. The predicted octanol–water partition coefficient (Wildman–Crippen LogP) is 3.05. The summed E-state index contributed by atoms with van der Waals surface area (Å²) in [6.45, 7) is 12.3. The van der Waals surface area contributed by atoms with Crippen LogP contribution in [-0.4, -0.2) is 22.4 Å². The van der Waals surface area contributed by atoms with Crippen LogP contribution in [0.5, 0.6) is 0 Å². The smallest absolute Gasteiger partial charge is 0.393 e. The van der Waals surface area contributed by atoms with Gasteiger partial charge in [0, 0.05) is 0 Å². The van der Waals surface area contributed by atoms with E-state index in [1.165, 1.54) is 44.9 Å². The van der Waals surface area contributed by atoms with Crippen molar-refractivity contribution in [2.24, 2.45) is 52.3 Å². The van der Waals surface area contributed by atoms with Crippen LogP contribution >= 0.6 is 0 Å². The molecule has 4 fully saturated rings. The third-order valence-electron chi connectivity index (χ3n) is 10.9. The van der Waals surface area contributed by atoms with Crippen LogP contribution in [0.3, 0.4) is 0 Å². The molecule has 162 valence electrons. The molecule has 4 rings (SSSR count). The minimum atomic E-state index is -0.150. The summed E-state index contributed by atoms with van der Waals surface area (Å²) in [4.78, 5) is 0. The molecule has 0 aromatic heterocycles. The Morgan fingerprint density at radius 2 is 1.55 bits per heavy atom. The Bertz CT molecular complexity index is 567. The third-order valence-corrected chi connectivity index (χ3v) is 10.9. The summed E-state index contributed by atoms with van der Waals surface area (Å²) in [7, 11) is 0. The van der Waals surface area contributed by atoms with Gasteiger partial charge in [-0.2, -0.15) is 0 Å². The fraction of sp³-hybridized carbons (Fsp3) is 1.00. The van der Waals surface area contributed by atoms with Crippen LogP contribution in [0.1, 0.15) is 98.8 Å². The first-order valence-corrected chi connectivity index (χ1v) is 12.6. The van der Waals surface area contributed by atoms with Gasteiger partial charge in [-0.15, -0.1) is 0 Å². The summed E-state index contributed by atoms with van der Waals surface area (Å²) in [5.74, 6) is 4.45. The van der Waals surface area contributed by atoms with E-state index in [9.17, 15) is 10.2 Å². The molecule has 2 nitrogen and oxygen atoms in total. The third kappa shape index (κ3) is 3.73. The average Bonchev–Trinajstić information content (AvgIpc) is 3.01. The standard InChI is InChI=1S/C26H46O2.Na/c1-6-8-16(3)19-9-10-20-23-21(12-14-25(19,20)4)26(5)13-11-17(27)15-22(26)18(7-2)24(23)28;/h16-24,27-28H,6-15H2,1-5H3;/q;+1/t16?,17-,18-,19?,20?,21?,22+,23?,24-,25-,26-;/m1./s1. The Kier molecular flexibility index (Phi) is 7.66. The van der Waals surface area contributed by atoms with Crippen LogP contribution in [0.4, 0.5) is 0 Å². The zero-order chi connectivity index (χ0) is 20.3. The van der Waals surface area contributed by atoms with Crippen molar-refractivity contribution in [1.82, 2.24) is 0 Å². The van der Waals surface area contributed by atoms with Gasteiger partial charge in [0.1, 0.15) is 0 Å². The van der Waals surface area contributed by atoms with Gasteiger partial charge in [-0.05, 0) is 97.2 Å². The monoisotopic (exact) mass is 413 g/mol. The number of aliphatic hydroxyl groups excluding tert-OH is 2. The molecule has 0 aromatic rings. The van der Waals surface area contributed by atoms with Gasteiger partial charge < -0.3 is 10.2 Å². The Labute approximate surface area is 202 Å². The van der Waals surface area contributed by atoms with Crippen LogP contribution < -0.4 is 29.6 Å². The molecule has 2 N–H and O–H groups in total. The van der Waals surface area contributed by atoms with Crippen molar-refractivity contribution in [2.45, 2.75) is 111 Å². The molecular formula is C26H46NaO2+. The molecule has 11 atom stereocenters. The second-order valence-electron chi connectivity index (χ2n) is 11.9. The van der Waals surface area contributed by atoms with Gasteiger partial charge in [-0.25, -0.2) is 0 Å². The van der Waals surface area contributed by atoms with E-state index >= 15 is 0 Å². The molecule has 0 spiro atoms. The number of aliphatic hydroxyl groups is 2. The maximum atomic E-state index is 11.7. The first-order valence-electron chi connectivity index (χ1n) is 12.6. The van der Waals surface area contributed by atoms with E-state index in [1.807, 2.05) is 0 Å².